The second-order valence-electron chi connectivity index (χ2n) is 8.73. The fourth-order valence-electron chi connectivity index (χ4n) is 3.49. The Balaban J connectivity index is 2.16. The van der Waals surface area contributed by atoms with E-state index < -0.39 is 47.9 Å². The minimum Gasteiger partial charge on any atom is -0.508 e. The number of nitrogens with two attached hydrogens (primary N) is 2. The molecule has 0 radical (unpaired) electrons. The number of imidazole rings is 1. The molecule has 0 bridgehead atoms. The van der Waals surface area contributed by atoms with Crippen LogP contribution in [0.4, 0.5) is 0 Å². The molecule has 202 valence electrons. The highest BCUT2D eigenvalue weighted by Gasteiger charge is 2.29. The lowest BCUT2D eigenvalue weighted by Crippen LogP contribution is -2.57. The van der Waals surface area contributed by atoms with Gasteiger partial charge in [0.15, 0.2) is 0 Å². The molecule has 0 fully saturated rings. The number of unbranched alkanes of at least 4 members (excludes halogenated alkanes) is 1. The minimum absolute atomic E-state index is 0.0208. The normalized spacial score (nSPS) is 14.1. The van der Waals surface area contributed by atoms with Crippen molar-refractivity contribution in [2.45, 2.75) is 63.2 Å². The van der Waals surface area contributed by atoms with Crippen LogP contribution in [0.1, 0.15) is 37.4 Å². The molecule has 2 aromatic rings. The van der Waals surface area contributed by atoms with Gasteiger partial charge in [-0.2, -0.15) is 0 Å². The topological polar surface area (TPSA) is 226 Å². The van der Waals surface area contributed by atoms with Gasteiger partial charge in [0.1, 0.15) is 23.9 Å². The molecule has 13 nitrogen and oxygen atoms in total. The van der Waals surface area contributed by atoms with E-state index in [-0.39, 0.29) is 25.0 Å². The van der Waals surface area contributed by atoms with Crippen LogP contribution < -0.4 is 27.4 Å². The number of phenols is 1. The van der Waals surface area contributed by atoms with Gasteiger partial charge in [-0.3, -0.25) is 19.2 Å². The quantitative estimate of drug-likeness (QED) is 0.134. The monoisotopic (exact) mass is 517 g/mol. The summed E-state index contributed by atoms with van der Waals surface area (Å²) in [5, 5.41) is 26.3. The average Bonchev–Trinajstić information content (AvgIpc) is 3.37. The van der Waals surface area contributed by atoms with E-state index in [4.69, 9.17) is 16.6 Å². The van der Waals surface area contributed by atoms with Crippen LogP contribution in [0.2, 0.25) is 0 Å². The summed E-state index contributed by atoms with van der Waals surface area (Å²) in [6, 6.07) is 1.75. The number of carboxylic acids is 1. The number of nitrogens with one attached hydrogen (secondary N) is 4. The molecule has 4 atom stereocenters. The van der Waals surface area contributed by atoms with Crippen LogP contribution in [0.5, 0.6) is 5.75 Å². The molecule has 37 heavy (non-hydrogen) atoms. The maximum atomic E-state index is 13.2. The van der Waals surface area contributed by atoms with Crippen molar-refractivity contribution in [3.8, 4) is 5.75 Å². The number of phenolic OH excluding ortho intramolecular Hbond substituents is 1. The fraction of sp³-hybridized carbons (Fsp3) is 0.458. The largest absolute Gasteiger partial charge is 0.508 e. The Bertz CT molecular complexity index is 1030. The van der Waals surface area contributed by atoms with Crippen LogP contribution in [-0.4, -0.2) is 74.6 Å². The van der Waals surface area contributed by atoms with Crippen molar-refractivity contribution in [2.75, 3.05) is 6.54 Å². The Hall–Kier alpha value is -3.97. The number of carbonyl (C=O) groups is 4. The van der Waals surface area contributed by atoms with Crippen LogP contribution in [0, 0.1) is 0 Å². The Morgan fingerprint density at radius 1 is 0.973 bits per heavy atom. The SMILES string of the molecule is CC(NC(=O)C(Cc1ccc(O)cc1)NC(=O)C(CCCCN)NC(=O)C(N)Cc1cnc[nH]1)C(=O)O. The number of aromatic nitrogens is 2. The third-order valence-electron chi connectivity index (χ3n) is 5.65. The minimum atomic E-state index is -1.23. The van der Waals surface area contributed by atoms with E-state index in [1.807, 2.05) is 0 Å². The third kappa shape index (κ3) is 9.89. The summed E-state index contributed by atoms with van der Waals surface area (Å²) in [6.07, 6.45) is 4.62. The molecule has 0 aliphatic carbocycles. The smallest absolute Gasteiger partial charge is 0.325 e. The zero-order chi connectivity index (χ0) is 27.4. The molecule has 1 heterocycles. The van der Waals surface area contributed by atoms with Crippen molar-refractivity contribution < 1.29 is 29.4 Å². The Labute approximate surface area is 214 Å². The number of benzene rings is 1. The van der Waals surface area contributed by atoms with Gasteiger partial charge in [0, 0.05) is 24.7 Å². The Morgan fingerprint density at radius 3 is 2.22 bits per heavy atom. The number of hydrogen-bond acceptors (Lipinski definition) is 8. The number of nitrogens with zero attached hydrogens (tertiary/aromatic N) is 1. The summed E-state index contributed by atoms with van der Waals surface area (Å²) in [7, 11) is 0. The number of hydrogen-bond donors (Lipinski definition) is 8. The van der Waals surface area contributed by atoms with E-state index in [2.05, 4.69) is 25.9 Å². The number of aromatic amines is 1. The Kier molecular flexibility index (Phi) is 11.5. The van der Waals surface area contributed by atoms with Gasteiger partial charge in [-0.05, 0) is 50.4 Å². The van der Waals surface area contributed by atoms with Crippen molar-refractivity contribution in [2.24, 2.45) is 11.5 Å². The maximum Gasteiger partial charge on any atom is 0.325 e. The average molecular weight is 518 g/mol. The van der Waals surface area contributed by atoms with E-state index in [1.165, 1.54) is 25.4 Å². The first kappa shape index (κ1) is 29.3. The van der Waals surface area contributed by atoms with Crippen LogP contribution in [-0.2, 0) is 32.0 Å². The summed E-state index contributed by atoms with van der Waals surface area (Å²) in [5.41, 5.74) is 12.8. The molecular formula is C24H35N7O6. The molecule has 1 aromatic heterocycles. The predicted molar refractivity (Wildman–Crippen MR) is 134 cm³/mol. The Morgan fingerprint density at radius 2 is 1.62 bits per heavy atom. The molecule has 0 aliphatic heterocycles. The van der Waals surface area contributed by atoms with Gasteiger partial charge >= 0.3 is 5.97 Å². The summed E-state index contributed by atoms with van der Waals surface area (Å²) < 4.78 is 0. The van der Waals surface area contributed by atoms with E-state index in [1.54, 1.807) is 18.3 Å². The van der Waals surface area contributed by atoms with Crippen molar-refractivity contribution in [1.82, 2.24) is 25.9 Å². The molecular weight excluding hydrogens is 482 g/mol. The van der Waals surface area contributed by atoms with Gasteiger partial charge in [-0.25, -0.2) is 4.98 Å². The lowest BCUT2D eigenvalue weighted by molar-refractivity contribution is -0.141. The van der Waals surface area contributed by atoms with Crippen molar-refractivity contribution in [3.05, 3.63) is 48.0 Å². The highest BCUT2D eigenvalue weighted by Crippen LogP contribution is 2.12. The molecule has 0 aliphatic rings. The third-order valence-corrected chi connectivity index (χ3v) is 5.65. The van der Waals surface area contributed by atoms with Crippen LogP contribution in [0.15, 0.2) is 36.8 Å². The van der Waals surface area contributed by atoms with Crippen molar-refractivity contribution in [1.29, 1.82) is 0 Å². The molecule has 3 amide bonds. The summed E-state index contributed by atoms with van der Waals surface area (Å²) in [6.45, 7) is 1.71. The van der Waals surface area contributed by atoms with E-state index >= 15 is 0 Å². The number of rotatable bonds is 15. The van der Waals surface area contributed by atoms with Gasteiger partial charge in [0.25, 0.3) is 0 Å². The highest BCUT2D eigenvalue weighted by molar-refractivity contribution is 5.94. The van der Waals surface area contributed by atoms with Gasteiger partial charge in [0.2, 0.25) is 17.7 Å². The fourth-order valence-corrected chi connectivity index (χ4v) is 3.49. The predicted octanol–water partition coefficient (Wildman–Crippen LogP) is -1.08. The summed E-state index contributed by atoms with van der Waals surface area (Å²) in [4.78, 5) is 56.8. The van der Waals surface area contributed by atoms with Crippen molar-refractivity contribution in [3.63, 3.8) is 0 Å². The van der Waals surface area contributed by atoms with Gasteiger partial charge < -0.3 is 42.6 Å². The number of carboxylic acid groups (broad SMARTS) is 1. The first-order valence-corrected chi connectivity index (χ1v) is 12.0. The summed E-state index contributed by atoms with van der Waals surface area (Å²) in [5.74, 6) is -3.09. The molecule has 1 aromatic carbocycles. The van der Waals surface area contributed by atoms with Crippen LogP contribution >= 0.6 is 0 Å². The number of aromatic hydroxyl groups is 1. The zero-order valence-electron chi connectivity index (χ0n) is 20.6. The van der Waals surface area contributed by atoms with Gasteiger partial charge in [-0.15, -0.1) is 0 Å². The lowest BCUT2D eigenvalue weighted by atomic mass is 10.0. The first-order valence-electron chi connectivity index (χ1n) is 12.0. The van der Waals surface area contributed by atoms with E-state index in [0.717, 1.165) is 0 Å². The molecule has 0 saturated carbocycles. The van der Waals surface area contributed by atoms with E-state index in [9.17, 15) is 24.3 Å². The van der Waals surface area contributed by atoms with Crippen molar-refractivity contribution >= 4 is 23.7 Å². The zero-order valence-corrected chi connectivity index (χ0v) is 20.6. The van der Waals surface area contributed by atoms with Crippen LogP contribution in [0.25, 0.3) is 0 Å². The number of H-pyrrole nitrogens is 1. The molecule has 2 rings (SSSR count). The summed E-state index contributed by atoms with van der Waals surface area (Å²) >= 11 is 0. The maximum absolute atomic E-state index is 13.2. The molecule has 10 N–H and O–H groups in total. The number of amides is 3. The molecule has 0 saturated heterocycles. The highest BCUT2D eigenvalue weighted by atomic mass is 16.4. The first-order chi connectivity index (χ1) is 17.6. The van der Waals surface area contributed by atoms with Gasteiger partial charge in [-0.1, -0.05) is 12.1 Å². The van der Waals surface area contributed by atoms with Gasteiger partial charge in [0.05, 0.1) is 12.4 Å². The standard InChI is InChI=1S/C24H35N7O6/c1-14(24(36)37)29-23(35)20(10-15-5-7-17(32)8-6-15)31-22(34)19(4-2-3-9-25)30-21(33)18(26)11-16-12-27-13-28-16/h5-8,12-14,18-20,32H,2-4,9-11,25-26H2,1H3,(H,27,28)(H,29,35)(H,30,33)(H,31,34)(H,36,37). The number of carbonyl (C=O) groups excluding carboxylic acids is 3. The lowest BCUT2D eigenvalue weighted by Gasteiger charge is -2.25. The van der Waals surface area contributed by atoms with E-state index in [0.29, 0.717) is 30.6 Å². The second-order valence-corrected chi connectivity index (χ2v) is 8.73. The van der Waals surface area contributed by atoms with Crippen LogP contribution in [0.3, 0.4) is 0 Å². The second kappa shape index (κ2) is 14.6. The molecule has 0 spiro atoms. The molecule has 4 unspecified atom stereocenters. The molecule has 13 heteroatoms. The number of aliphatic carboxylic acids is 1.